The maximum atomic E-state index is 11.8. The van der Waals surface area contributed by atoms with Gasteiger partial charge in [-0.05, 0) is 25.7 Å². The number of anilines is 1. The standard InChI is InChI=1S/C12H18N4O/c1-16-8-10(13)11(15-16)12(17)14-7-6-9-4-2-3-5-9/h4,8H,2-3,5-7,13H2,1H3,(H,14,17). The molecule has 0 saturated heterocycles. The van der Waals surface area contributed by atoms with Gasteiger partial charge in [0.2, 0.25) is 0 Å². The van der Waals surface area contributed by atoms with Crippen LogP contribution in [0, 0.1) is 0 Å². The minimum atomic E-state index is -0.193. The molecule has 92 valence electrons. The van der Waals surface area contributed by atoms with Crippen molar-refractivity contribution < 1.29 is 4.79 Å². The van der Waals surface area contributed by atoms with Crippen molar-refractivity contribution in [1.29, 1.82) is 0 Å². The first kappa shape index (κ1) is 11.7. The lowest BCUT2D eigenvalue weighted by atomic mass is 10.2. The van der Waals surface area contributed by atoms with Gasteiger partial charge in [0, 0.05) is 19.8 Å². The Morgan fingerprint density at radius 3 is 3.06 bits per heavy atom. The van der Waals surface area contributed by atoms with Gasteiger partial charge in [0.25, 0.3) is 5.91 Å². The molecule has 3 N–H and O–H groups in total. The molecule has 0 radical (unpaired) electrons. The molecule has 0 fully saturated rings. The molecule has 0 atom stereocenters. The van der Waals surface area contributed by atoms with Gasteiger partial charge in [-0.3, -0.25) is 9.48 Å². The number of carbonyl (C=O) groups excluding carboxylic acids is 1. The summed E-state index contributed by atoms with van der Waals surface area (Å²) in [7, 11) is 1.75. The van der Waals surface area contributed by atoms with Crippen LogP contribution in [-0.2, 0) is 7.05 Å². The number of amides is 1. The maximum Gasteiger partial charge on any atom is 0.273 e. The number of rotatable bonds is 4. The van der Waals surface area contributed by atoms with Crippen LogP contribution in [0.15, 0.2) is 17.8 Å². The molecule has 1 aliphatic rings. The van der Waals surface area contributed by atoms with Crippen LogP contribution < -0.4 is 11.1 Å². The van der Waals surface area contributed by atoms with Crippen molar-refractivity contribution in [2.45, 2.75) is 25.7 Å². The lowest BCUT2D eigenvalue weighted by molar-refractivity contribution is 0.0949. The van der Waals surface area contributed by atoms with Crippen molar-refractivity contribution in [1.82, 2.24) is 15.1 Å². The predicted molar refractivity (Wildman–Crippen MR) is 66.5 cm³/mol. The van der Waals surface area contributed by atoms with E-state index in [1.165, 1.54) is 24.8 Å². The number of carbonyl (C=O) groups is 1. The van der Waals surface area contributed by atoms with Gasteiger partial charge in [-0.25, -0.2) is 0 Å². The fraction of sp³-hybridized carbons (Fsp3) is 0.500. The SMILES string of the molecule is Cn1cc(N)c(C(=O)NCCC2=CCCC2)n1. The highest BCUT2D eigenvalue weighted by Crippen LogP contribution is 2.19. The van der Waals surface area contributed by atoms with E-state index in [9.17, 15) is 4.79 Å². The van der Waals surface area contributed by atoms with Crippen LogP contribution in [0.1, 0.15) is 36.2 Å². The van der Waals surface area contributed by atoms with Gasteiger partial charge < -0.3 is 11.1 Å². The second-order valence-corrected chi connectivity index (χ2v) is 4.37. The molecule has 5 heteroatoms. The first-order valence-corrected chi connectivity index (χ1v) is 5.92. The number of nitrogens with two attached hydrogens (primary N) is 1. The number of allylic oxidation sites excluding steroid dienone is 1. The number of hydrogen-bond donors (Lipinski definition) is 2. The predicted octanol–water partition coefficient (Wildman–Crippen LogP) is 1.23. The van der Waals surface area contributed by atoms with Gasteiger partial charge in [-0.1, -0.05) is 11.6 Å². The first-order valence-electron chi connectivity index (χ1n) is 5.92. The Bertz CT molecular complexity index is 447. The summed E-state index contributed by atoms with van der Waals surface area (Å²) in [5, 5.41) is 6.87. The Balaban J connectivity index is 1.83. The van der Waals surface area contributed by atoms with Gasteiger partial charge in [0.1, 0.15) is 0 Å². The van der Waals surface area contributed by atoms with Gasteiger partial charge in [0.15, 0.2) is 5.69 Å². The van der Waals surface area contributed by atoms with Gasteiger partial charge in [0.05, 0.1) is 5.69 Å². The highest BCUT2D eigenvalue weighted by atomic mass is 16.1. The molecule has 5 nitrogen and oxygen atoms in total. The van der Waals surface area contributed by atoms with Crippen LogP contribution in [-0.4, -0.2) is 22.2 Å². The van der Waals surface area contributed by atoms with Crippen molar-refractivity contribution in [3.8, 4) is 0 Å². The summed E-state index contributed by atoms with van der Waals surface area (Å²) in [6.45, 7) is 0.653. The van der Waals surface area contributed by atoms with Crippen molar-refractivity contribution in [2.75, 3.05) is 12.3 Å². The zero-order valence-corrected chi connectivity index (χ0v) is 10.1. The molecule has 0 aliphatic heterocycles. The summed E-state index contributed by atoms with van der Waals surface area (Å²) in [4.78, 5) is 11.8. The normalized spacial score (nSPS) is 14.8. The summed E-state index contributed by atoms with van der Waals surface area (Å²) in [6, 6.07) is 0. The lowest BCUT2D eigenvalue weighted by Crippen LogP contribution is -2.26. The van der Waals surface area contributed by atoms with E-state index in [0.717, 1.165) is 6.42 Å². The third-order valence-electron chi connectivity index (χ3n) is 2.94. The number of nitrogen functional groups attached to an aromatic ring is 1. The van der Waals surface area contributed by atoms with E-state index < -0.39 is 0 Å². The molecule has 1 aromatic heterocycles. The summed E-state index contributed by atoms with van der Waals surface area (Å²) in [5.41, 5.74) is 7.86. The summed E-state index contributed by atoms with van der Waals surface area (Å²) in [6.07, 6.45) is 8.42. The zero-order valence-electron chi connectivity index (χ0n) is 10.1. The number of aryl methyl sites for hydroxylation is 1. The largest absolute Gasteiger partial charge is 0.396 e. The molecule has 0 spiro atoms. The Hall–Kier alpha value is -1.78. The number of hydrogen-bond acceptors (Lipinski definition) is 3. The Morgan fingerprint density at radius 2 is 2.47 bits per heavy atom. The van der Waals surface area contributed by atoms with E-state index in [0.29, 0.717) is 17.9 Å². The smallest absolute Gasteiger partial charge is 0.273 e. The average molecular weight is 234 g/mol. The minimum Gasteiger partial charge on any atom is -0.396 e. The quantitative estimate of drug-likeness (QED) is 0.770. The van der Waals surface area contributed by atoms with Crippen LogP contribution in [0.2, 0.25) is 0 Å². The molecule has 2 rings (SSSR count). The first-order chi connectivity index (χ1) is 8.16. The molecular formula is C12H18N4O. The van der Waals surface area contributed by atoms with Crippen LogP contribution in [0.4, 0.5) is 5.69 Å². The fourth-order valence-corrected chi connectivity index (χ4v) is 2.07. The molecule has 1 aliphatic carbocycles. The van der Waals surface area contributed by atoms with E-state index >= 15 is 0 Å². The van der Waals surface area contributed by atoms with Crippen LogP contribution in [0.5, 0.6) is 0 Å². The second kappa shape index (κ2) is 5.03. The fourth-order valence-electron chi connectivity index (χ4n) is 2.07. The number of nitrogens with one attached hydrogen (secondary N) is 1. The average Bonchev–Trinajstić information content (AvgIpc) is 2.88. The lowest BCUT2D eigenvalue weighted by Gasteiger charge is -2.04. The summed E-state index contributed by atoms with van der Waals surface area (Å²) in [5.74, 6) is -0.193. The maximum absolute atomic E-state index is 11.8. The van der Waals surface area contributed by atoms with Gasteiger partial charge >= 0.3 is 0 Å². The van der Waals surface area contributed by atoms with Crippen molar-refractivity contribution in [2.24, 2.45) is 7.05 Å². The van der Waals surface area contributed by atoms with E-state index in [2.05, 4.69) is 16.5 Å². The number of aromatic nitrogens is 2. The molecule has 1 amide bonds. The van der Waals surface area contributed by atoms with E-state index in [1.807, 2.05) is 0 Å². The highest BCUT2D eigenvalue weighted by molar-refractivity contribution is 5.96. The highest BCUT2D eigenvalue weighted by Gasteiger charge is 2.13. The Labute approximate surface area is 101 Å². The number of nitrogens with zero attached hydrogens (tertiary/aromatic N) is 2. The van der Waals surface area contributed by atoms with Crippen LogP contribution in [0.3, 0.4) is 0 Å². The van der Waals surface area contributed by atoms with Gasteiger partial charge in [-0.2, -0.15) is 5.10 Å². The summed E-state index contributed by atoms with van der Waals surface area (Å²) >= 11 is 0. The van der Waals surface area contributed by atoms with E-state index in [1.54, 1.807) is 17.9 Å². The molecule has 1 aromatic rings. The Kier molecular flexibility index (Phi) is 3.46. The van der Waals surface area contributed by atoms with Crippen molar-refractivity contribution in [3.63, 3.8) is 0 Å². The molecule has 0 unspecified atom stereocenters. The third kappa shape index (κ3) is 2.87. The van der Waals surface area contributed by atoms with Crippen LogP contribution >= 0.6 is 0 Å². The second-order valence-electron chi connectivity index (χ2n) is 4.37. The monoisotopic (exact) mass is 234 g/mol. The summed E-state index contributed by atoms with van der Waals surface area (Å²) < 4.78 is 1.55. The minimum absolute atomic E-state index is 0.193. The Morgan fingerprint density at radius 1 is 1.65 bits per heavy atom. The molecule has 0 aromatic carbocycles. The van der Waals surface area contributed by atoms with Crippen LogP contribution in [0.25, 0.3) is 0 Å². The van der Waals surface area contributed by atoms with Crippen molar-refractivity contribution >= 4 is 11.6 Å². The molecule has 0 bridgehead atoms. The van der Waals surface area contributed by atoms with E-state index in [-0.39, 0.29) is 5.91 Å². The van der Waals surface area contributed by atoms with Crippen molar-refractivity contribution in [3.05, 3.63) is 23.5 Å². The van der Waals surface area contributed by atoms with E-state index in [4.69, 9.17) is 5.73 Å². The molecular weight excluding hydrogens is 216 g/mol. The topological polar surface area (TPSA) is 72.9 Å². The third-order valence-corrected chi connectivity index (χ3v) is 2.94. The molecule has 0 saturated carbocycles. The molecule has 1 heterocycles. The van der Waals surface area contributed by atoms with Gasteiger partial charge in [-0.15, -0.1) is 0 Å². The zero-order chi connectivity index (χ0) is 12.3. The molecule has 17 heavy (non-hydrogen) atoms.